The van der Waals surface area contributed by atoms with Crippen LogP contribution in [0.4, 0.5) is 5.69 Å². The number of benzene rings is 1. The third kappa shape index (κ3) is 4.15. The second kappa shape index (κ2) is 8.19. The number of nitrogens with zero attached hydrogens (tertiary/aromatic N) is 2. The average Bonchev–Trinajstić information content (AvgIpc) is 3.05. The average molecular weight is 346 g/mol. The molecule has 2 heterocycles. The third-order valence-corrected chi connectivity index (χ3v) is 5.71. The lowest BCUT2D eigenvalue weighted by molar-refractivity contribution is -0.134. The van der Waals surface area contributed by atoms with Crippen molar-refractivity contribution in [3.8, 4) is 0 Å². The van der Waals surface area contributed by atoms with Crippen LogP contribution in [0.1, 0.15) is 31.2 Å². The molecule has 1 amide bonds. The van der Waals surface area contributed by atoms with Gasteiger partial charge in [-0.2, -0.15) is 0 Å². The molecule has 1 aromatic carbocycles. The van der Waals surface area contributed by atoms with Crippen molar-refractivity contribution in [3.63, 3.8) is 0 Å². The molecule has 0 aliphatic carbocycles. The minimum absolute atomic E-state index is 0.146. The summed E-state index contributed by atoms with van der Waals surface area (Å²) in [5.41, 5.74) is 2.37. The Kier molecular flexibility index (Phi) is 5.97. The zero-order chi connectivity index (χ0) is 17.7. The molecule has 0 spiro atoms. The minimum Gasteiger partial charge on any atom is -0.396 e. The molecule has 0 radical (unpaired) electrons. The first-order valence-corrected chi connectivity index (χ1v) is 9.38. The lowest BCUT2D eigenvalue weighted by Gasteiger charge is -2.42. The predicted molar refractivity (Wildman–Crippen MR) is 98.8 cm³/mol. The third-order valence-electron chi connectivity index (χ3n) is 5.71. The molecule has 5 heteroatoms. The van der Waals surface area contributed by atoms with E-state index in [1.807, 2.05) is 11.0 Å². The van der Waals surface area contributed by atoms with Crippen LogP contribution in [0.25, 0.3) is 0 Å². The number of carbonyl (C=O) groups is 1. The zero-order valence-corrected chi connectivity index (χ0v) is 15.2. The fraction of sp³-hybridized carbons (Fsp3) is 0.650. The Hall–Kier alpha value is -1.59. The molecule has 1 atom stereocenters. The molecule has 5 nitrogen and oxygen atoms in total. The van der Waals surface area contributed by atoms with Crippen LogP contribution in [0.15, 0.2) is 24.3 Å². The number of hydrogen-bond donors (Lipinski definition) is 1. The molecule has 25 heavy (non-hydrogen) atoms. The zero-order valence-electron chi connectivity index (χ0n) is 15.2. The minimum atomic E-state index is -0.157. The van der Waals surface area contributed by atoms with Crippen LogP contribution in [0, 0.1) is 5.41 Å². The molecule has 138 valence electrons. The van der Waals surface area contributed by atoms with Crippen molar-refractivity contribution in [3.05, 3.63) is 29.8 Å². The number of ether oxygens (including phenoxy) is 1. The molecular formula is C20H30N2O3. The van der Waals surface area contributed by atoms with Crippen LogP contribution in [0.3, 0.4) is 0 Å². The number of para-hydroxylation sites is 1. The molecule has 1 aromatic rings. The van der Waals surface area contributed by atoms with E-state index in [0.717, 1.165) is 45.2 Å². The summed E-state index contributed by atoms with van der Waals surface area (Å²) in [4.78, 5) is 17.0. The van der Waals surface area contributed by atoms with Gasteiger partial charge in [0.1, 0.15) is 0 Å². The molecule has 1 N–H and O–H groups in total. The van der Waals surface area contributed by atoms with Gasteiger partial charge in [-0.25, -0.2) is 0 Å². The molecule has 2 aliphatic heterocycles. The first-order valence-electron chi connectivity index (χ1n) is 9.38. The Bertz CT molecular complexity index is 592. The Morgan fingerprint density at radius 3 is 2.96 bits per heavy atom. The molecule has 0 saturated carbocycles. The van der Waals surface area contributed by atoms with Gasteiger partial charge in [-0.05, 0) is 43.7 Å². The highest BCUT2D eigenvalue weighted by Crippen LogP contribution is 2.35. The number of piperidine rings is 1. The maximum absolute atomic E-state index is 12.9. The summed E-state index contributed by atoms with van der Waals surface area (Å²) >= 11 is 0. The highest BCUT2D eigenvalue weighted by Gasteiger charge is 2.36. The number of anilines is 1. The van der Waals surface area contributed by atoms with Gasteiger partial charge in [0.05, 0.1) is 13.2 Å². The van der Waals surface area contributed by atoms with Crippen LogP contribution >= 0.6 is 0 Å². The largest absolute Gasteiger partial charge is 0.396 e. The van der Waals surface area contributed by atoms with Gasteiger partial charge in [0.15, 0.2) is 0 Å². The number of aliphatic hydroxyl groups excluding tert-OH is 1. The standard InChI is InChI=1S/C20H30N2O3/c1-25-13-5-10-20(16-23)9-4-11-22(15-20)19(24)14-21-12-8-17-6-2-3-7-18(17)21/h2-3,6-7,23H,4-5,8-16H2,1H3. The fourth-order valence-corrected chi connectivity index (χ4v) is 4.26. The van der Waals surface area contributed by atoms with Gasteiger partial charge in [-0.3, -0.25) is 4.79 Å². The Labute approximate surface area is 150 Å². The lowest BCUT2D eigenvalue weighted by Crippen LogP contribution is -2.50. The number of fused-ring (bicyclic) bond motifs is 1. The fourth-order valence-electron chi connectivity index (χ4n) is 4.26. The number of rotatable bonds is 7. The smallest absolute Gasteiger partial charge is 0.242 e. The van der Waals surface area contributed by atoms with E-state index in [9.17, 15) is 9.90 Å². The van der Waals surface area contributed by atoms with Gasteiger partial charge in [-0.15, -0.1) is 0 Å². The maximum Gasteiger partial charge on any atom is 0.242 e. The topological polar surface area (TPSA) is 53.0 Å². The Morgan fingerprint density at radius 2 is 2.16 bits per heavy atom. The number of aliphatic hydroxyl groups is 1. The van der Waals surface area contributed by atoms with Gasteiger partial charge in [0, 0.05) is 44.5 Å². The maximum atomic E-state index is 12.9. The van der Waals surface area contributed by atoms with Crippen molar-refractivity contribution in [2.45, 2.75) is 32.1 Å². The van der Waals surface area contributed by atoms with Crippen molar-refractivity contribution >= 4 is 11.6 Å². The second-order valence-electron chi connectivity index (χ2n) is 7.47. The summed E-state index contributed by atoms with van der Waals surface area (Å²) in [7, 11) is 1.70. The first kappa shape index (κ1) is 18.2. The molecule has 0 bridgehead atoms. The number of hydrogen-bond acceptors (Lipinski definition) is 4. The van der Waals surface area contributed by atoms with Crippen molar-refractivity contribution < 1.29 is 14.6 Å². The molecule has 0 aromatic heterocycles. The van der Waals surface area contributed by atoms with Crippen molar-refractivity contribution in [1.82, 2.24) is 4.90 Å². The molecule has 1 unspecified atom stereocenters. The van der Waals surface area contributed by atoms with E-state index in [1.54, 1.807) is 7.11 Å². The Balaban J connectivity index is 1.60. The summed E-state index contributed by atoms with van der Waals surface area (Å²) in [5, 5.41) is 9.97. The van der Waals surface area contributed by atoms with E-state index in [2.05, 4.69) is 23.1 Å². The second-order valence-corrected chi connectivity index (χ2v) is 7.47. The van der Waals surface area contributed by atoms with Crippen LogP contribution in [-0.2, 0) is 16.0 Å². The van der Waals surface area contributed by atoms with E-state index < -0.39 is 0 Å². The highest BCUT2D eigenvalue weighted by atomic mass is 16.5. The summed E-state index contributed by atoms with van der Waals surface area (Å²) in [6.07, 6.45) is 4.81. The van der Waals surface area contributed by atoms with E-state index in [4.69, 9.17) is 4.74 Å². The van der Waals surface area contributed by atoms with Gasteiger partial charge in [0.2, 0.25) is 5.91 Å². The molecule has 1 fully saturated rings. The summed E-state index contributed by atoms with van der Waals surface area (Å²) in [5.74, 6) is 0.181. The van der Waals surface area contributed by atoms with E-state index >= 15 is 0 Å². The monoisotopic (exact) mass is 346 g/mol. The molecular weight excluding hydrogens is 316 g/mol. The highest BCUT2D eigenvalue weighted by molar-refractivity contribution is 5.82. The number of carbonyl (C=O) groups excluding carboxylic acids is 1. The van der Waals surface area contributed by atoms with Crippen LogP contribution < -0.4 is 4.90 Å². The number of amides is 1. The lowest BCUT2D eigenvalue weighted by atomic mass is 9.77. The number of likely N-dealkylation sites (tertiary alicyclic amines) is 1. The van der Waals surface area contributed by atoms with Crippen LogP contribution in [-0.4, -0.2) is 62.4 Å². The van der Waals surface area contributed by atoms with Crippen molar-refractivity contribution in [1.29, 1.82) is 0 Å². The molecule has 1 saturated heterocycles. The van der Waals surface area contributed by atoms with E-state index in [1.165, 1.54) is 11.3 Å². The van der Waals surface area contributed by atoms with Crippen molar-refractivity contribution in [2.24, 2.45) is 5.41 Å². The normalized spacial score (nSPS) is 23.0. The Morgan fingerprint density at radius 1 is 1.32 bits per heavy atom. The molecule has 2 aliphatic rings. The quantitative estimate of drug-likeness (QED) is 0.768. The summed E-state index contributed by atoms with van der Waals surface area (Å²) in [6, 6.07) is 8.35. The van der Waals surface area contributed by atoms with Gasteiger partial charge < -0.3 is 19.6 Å². The predicted octanol–water partition coefficient (Wildman–Crippen LogP) is 2.08. The van der Waals surface area contributed by atoms with Crippen LogP contribution in [0.2, 0.25) is 0 Å². The van der Waals surface area contributed by atoms with Crippen molar-refractivity contribution in [2.75, 3.05) is 51.4 Å². The number of methoxy groups -OCH3 is 1. The van der Waals surface area contributed by atoms with E-state index in [0.29, 0.717) is 19.7 Å². The van der Waals surface area contributed by atoms with E-state index in [-0.39, 0.29) is 17.9 Å². The van der Waals surface area contributed by atoms with Gasteiger partial charge in [0.25, 0.3) is 0 Å². The summed E-state index contributed by atoms with van der Waals surface area (Å²) < 4.78 is 5.15. The molecule has 3 rings (SSSR count). The van der Waals surface area contributed by atoms with Gasteiger partial charge in [-0.1, -0.05) is 18.2 Å². The van der Waals surface area contributed by atoms with Gasteiger partial charge >= 0.3 is 0 Å². The van der Waals surface area contributed by atoms with Crippen LogP contribution in [0.5, 0.6) is 0 Å². The SMILES string of the molecule is COCCCC1(CO)CCCN(C(=O)CN2CCc3ccccc32)C1. The summed E-state index contributed by atoms with van der Waals surface area (Å²) in [6.45, 7) is 3.68. The first-order chi connectivity index (χ1) is 12.2.